The molecule has 0 spiro atoms. The predicted molar refractivity (Wildman–Crippen MR) is 103 cm³/mol. The molecule has 0 aliphatic rings. The van der Waals surface area contributed by atoms with Gasteiger partial charge in [0.2, 0.25) is 0 Å². The molecule has 9 heteroatoms. The molecule has 2 aromatic carbocycles. The van der Waals surface area contributed by atoms with E-state index >= 15 is 0 Å². The summed E-state index contributed by atoms with van der Waals surface area (Å²) in [5, 5.41) is 6.23. The van der Waals surface area contributed by atoms with Crippen LogP contribution in [0.3, 0.4) is 0 Å². The summed E-state index contributed by atoms with van der Waals surface area (Å²) in [4.78, 5) is 24.0. The quantitative estimate of drug-likeness (QED) is 0.426. The van der Waals surface area contributed by atoms with Gasteiger partial charge >= 0.3 is 11.8 Å². The Morgan fingerprint density at radius 1 is 0.821 bits per heavy atom. The van der Waals surface area contributed by atoms with Gasteiger partial charge in [-0.1, -0.05) is 0 Å². The largest absolute Gasteiger partial charge is 0.497 e. The fourth-order valence-electron chi connectivity index (χ4n) is 2.22. The number of nitrogens with zero attached hydrogens (tertiary/aromatic N) is 1. The van der Waals surface area contributed by atoms with Crippen molar-refractivity contribution in [2.24, 2.45) is 5.10 Å². The number of hydrogen-bond acceptors (Lipinski definition) is 7. The standard InChI is InChI=1S/C19H21N3O6/c1-25-13-6-5-12(16(9-13)27-3)11-20-22-19(24)18(23)21-15-8-7-14(26-2)10-17(15)28-4/h5-11H,1-4H3,(H,21,23)(H,22,24)/b20-11+. The van der Waals surface area contributed by atoms with Gasteiger partial charge in [0.05, 0.1) is 40.3 Å². The molecule has 2 amide bonds. The molecular weight excluding hydrogens is 366 g/mol. The SMILES string of the molecule is COc1ccc(/C=N/NC(=O)C(=O)Nc2ccc(OC)cc2OC)c(OC)c1. The maximum absolute atomic E-state index is 12.1. The molecule has 0 aliphatic carbocycles. The summed E-state index contributed by atoms with van der Waals surface area (Å²) in [6, 6.07) is 9.87. The van der Waals surface area contributed by atoms with Gasteiger partial charge in [0.1, 0.15) is 23.0 Å². The van der Waals surface area contributed by atoms with Crippen molar-refractivity contribution in [1.29, 1.82) is 0 Å². The molecule has 0 fully saturated rings. The van der Waals surface area contributed by atoms with E-state index in [1.165, 1.54) is 27.5 Å². The number of benzene rings is 2. The number of carbonyl (C=O) groups is 2. The van der Waals surface area contributed by atoms with Crippen LogP contribution in [-0.4, -0.2) is 46.5 Å². The number of nitrogens with one attached hydrogen (secondary N) is 2. The van der Waals surface area contributed by atoms with Crippen LogP contribution in [-0.2, 0) is 9.59 Å². The van der Waals surface area contributed by atoms with Gasteiger partial charge in [-0.2, -0.15) is 5.10 Å². The number of hydrogen-bond donors (Lipinski definition) is 2. The van der Waals surface area contributed by atoms with Crippen LogP contribution >= 0.6 is 0 Å². The lowest BCUT2D eigenvalue weighted by molar-refractivity contribution is -0.136. The summed E-state index contributed by atoms with van der Waals surface area (Å²) in [6.07, 6.45) is 1.36. The van der Waals surface area contributed by atoms with Crippen LogP contribution in [0.4, 0.5) is 5.69 Å². The number of carbonyl (C=O) groups excluding carboxylic acids is 2. The Hall–Kier alpha value is -3.75. The van der Waals surface area contributed by atoms with Gasteiger partial charge < -0.3 is 24.3 Å². The predicted octanol–water partition coefficient (Wildman–Crippen LogP) is 1.81. The Bertz CT molecular complexity index is 882. The molecule has 0 saturated heterocycles. The average molecular weight is 387 g/mol. The lowest BCUT2D eigenvalue weighted by Crippen LogP contribution is -2.32. The average Bonchev–Trinajstić information content (AvgIpc) is 2.73. The third kappa shape index (κ3) is 5.13. The zero-order valence-corrected chi connectivity index (χ0v) is 15.9. The molecule has 0 atom stereocenters. The van der Waals surface area contributed by atoms with Crippen LogP contribution in [0.15, 0.2) is 41.5 Å². The lowest BCUT2D eigenvalue weighted by Gasteiger charge is -2.11. The van der Waals surface area contributed by atoms with E-state index in [0.29, 0.717) is 34.2 Å². The first-order valence-corrected chi connectivity index (χ1v) is 8.10. The zero-order chi connectivity index (χ0) is 20.5. The van der Waals surface area contributed by atoms with E-state index in [4.69, 9.17) is 18.9 Å². The second-order valence-electron chi connectivity index (χ2n) is 5.33. The van der Waals surface area contributed by atoms with Crippen LogP contribution < -0.4 is 29.7 Å². The zero-order valence-electron chi connectivity index (χ0n) is 15.9. The summed E-state index contributed by atoms with van der Waals surface area (Å²) in [5.41, 5.74) is 3.08. The van der Waals surface area contributed by atoms with Gasteiger partial charge in [-0.05, 0) is 24.3 Å². The topological polar surface area (TPSA) is 107 Å². The summed E-state index contributed by atoms with van der Waals surface area (Å²) in [5.74, 6) is 0.184. The summed E-state index contributed by atoms with van der Waals surface area (Å²) >= 11 is 0. The van der Waals surface area contributed by atoms with Gasteiger partial charge in [-0.3, -0.25) is 9.59 Å². The summed E-state index contributed by atoms with van der Waals surface area (Å²) in [6.45, 7) is 0. The van der Waals surface area contributed by atoms with Crippen LogP contribution in [0.5, 0.6) is 23.0 Å². The Balaban J connectivity index is 2.01. The first-order valence-electron chi connectivity index (χ1n) is 8.10. The van der Waals surface area contributed by atoms with Gasteiger partial charge in [-0.25, -0.2) is 5.43 Å². The van der Waals surface area contributed by atoms with Crippen LogP contribution in [0.1, 0.15) is 5.56 Å². The molecule has 0 saturated carbocycles. The van der Waals surface area contributed by atoms with Crippen molar-refractivity contribution in [2.45, 2.75) is 0 Å². The molecule has 2 rings (SSSR count). The molecule has 9 nitrogen and oxygen atoms in total. The number of anilines is 1. The number of rotatable bonds is 7. The van der Waals surface area contributed by atoms with E-state index in [0.717, 1.165) is 0 Å². The number of hydrazone groups is 1. The number of ether oxygens (including phenoxy) is 4. The molecule has 0 bridgehead atoms. The lowest BCUT2D eigenvalue weighted by atomic mass is 10.2. The fraction of sp³-hybridized carbons (Fsp3) is 0.211. The smallest absolute Gasteiger partial charge is 0.329 e. The van der Waals surface area contributed by atoms with Gasteiger partial charge in [0, 0.05) is 17.7 Å². The van der Waals surface area contributed by atoms with Crippen LogP contribution in [0.25, 0.3) is 0 Å². The highest BCUT2D eigenvalue weighted by atomic mass is 16.5. The fourth-order valence-corrected chi connectivity index (χ4v) is 2.22. The second-order valence-corrected chi connectivity index (χ2v) is 5.33. The van der Waals surface area contributed by atoms with Gasteiger partial charge in [0.15, 0.2) is 0 Å². The van der Waals surface area contributed by atoms with E-state index in [1.54, 1.807) is 43.5 Å². The van der Waals surface area contributed by atoms with Crippen LogP contribution in [0, 0.1) is 0 Å². The maximum atomic E-state index is 12.1. The van der Waals surface area contributed by atoms with E-state index in [9.17, 15) is 9.59 Å². The monoisotopic (exact) mass is 387 g/mol. The molecule has 28 heavy (non-hydrogen) atoms. The molecule has 0 unspecified atom stereocenters. The van der Waals surface area contributed by atoms with Crippen molar-refractivity contribution in [2.75, 3.05) is 33.8 Å². The summed E-state index contributed by atoms with van der Waals surface area (Å²) in [7, 11) is 5.99. The molecule has 2 N–H and O–H groups in total. The van der Waals surface area contributed by atoms with E-state index < -0.39 is 11.8 Å². The van der Waals surface area contributed by atoms with Crippen molar-refractivity contribution in [3.63, 3.8) is 0 Å². The second kappa shape index (κ2) is 9.81. The highest BCUT2D eigenvalue weighted by Crippen LogP contribution is 2.29. The third-order valence-electron chi connectivity index (χ3n) is 3.67. The molecular formula is C19H21N3O6. The Morgan fingerprint density at radius 3 is 2.04 bits per heavy atom. The third-order valence-corrected chi connectivity index (χ3v) is 3.67. The molecule has 0 radical (unpaired) electrons. The first-order chi connectivity index (χ1) is 13.5. The van der Waals surface area contributed by atoms with Crippen molar-refractivity contribution in [1.82, 2.24) is 5.43 Å². The minimum Gasteiger partial charge on any atom is -0.497 e. The Kier molecular flexibility index (Phi) is 7.21. The van der Waals surface area contributed by atoms with Crippen LogP contribution in [0.2, 0.25) is 0 Å². The molecule has 0 aromatic heterocycles. The molecule has 2 aromatic rings. The normalized spacial score (nSPS) is 10.3. The van der Waals surface area contributed by atoms with E-state index in [-0.39, 0.29) is 0 Å². The van der Waals surface area contributed by atoms with E-state index in [2.05, 4.69) is 15.8 Å². The Labute approximate surface area is 162 Å². The minimum atomic E-state index is -0.943. The van der Waals surface area contributed by atoms with Gasteiger partial charge in [-0.15, -0.1) is 0 Å². The highest BCUT2D eigenvalue weighted by Gasteiger charge is 2.16. The van der Waals surface area contributed by atoms with Crippen molar-refractivity contribution in [3.05, 3.63) is 42.0 Å². The van der Waals surface area contributed by atoms with E-state index in [1.807, 2.05) is 0 Å². The molecule has 0 heterocycles. The van der Waals surface area contributed by atoms with Gasteiger partial charge in [0.25, 0.3) is 0 Å². The highest BCUT2D eigenvalue weighted by molar-refractivity contribution is 6.39. The minimum absolute atomic E-state index is 0.323. The van der Waals surface area contributed by atoms with Crippen molar-refractivity contribution in [3.8, 4) is 23.0 Å². The van der Waals surface area contributed by atoms with Crippen molar-refractivity contribution < 1.29 is 28.5 Å². The Morgan fingerprint density at radius 2 is 1.43 bits per heavy atom. The summed E-state index contributed by atoms with van der Waals surface area (Å²) < 4.78 is 20.6. The molecule has 0 aliphatic heterocycles. The molecule has 148 valence electrons. The number of amides is 2. The first kappa shape index (κ1) is 20.6. The maximum Gasteiger partial charge on any atom is 0.329 e. The number of methoxy groups -OCH3 is 4. The van der Waals surface area contributed by atoms with Crippen molar-refractivity contribution >= 4 is 23.7 Å².